The summed E-state index contributed by atoms with van der Waals surface area (Å²) in [5.41, 5.74) is 0. The van der Waals surface area contributed by atoms with Gasteiger partial charge in [0.1, 0.15) is 0 Å². The van der Waals surface area contributed by atoms with Crippen molar-refractivity contribution < 1.29 is 5.11 Å². The fourth-order valence-corrected chi connectivity index (χ4v) is 2.09. The molecule has 1 heterocycles. The molecule has 0 bridgehead atoms. The van der Waals surface area contributed by atoms with Gasteiger partial charge in [-0.3, -0.25) is 4.68 Å². The molecule has 0 amide bonds. The van der Waals surface area contributed by atoms with Gasteiger partial charge in [-0.25, -0.2) is 0 Å². The molecule has 1 N–H and O–H groups in total. The first-order valence-corrected chi connectivity index (χ1v) is 5.02. The van der Waals surface area contributed by atoms with Gasteiger partial charge in [0.15, 0.2) is 0 Å². The van der Waals surface area contributed by atoms with Crippen LogP contribution in [0.3, 0.4) is 0 Å². The van der Waals surface area contributed by atoms with Gasteiger partial charge in [0.25, 0.3) is 0 Å². The van der Waals surface area contributed by atoms with Crippen LogP contribution in [-0.4, -0.2) is 21.0 Å². The quantitative estimate of drug-likeness (QED) is 0.764. The molecule has 1 fully saturated rings. The van der Waals surface area contributed by atoms with Gasteiger partial charge < -0.3 is 5.11 Å². The van der Waals surface area contributed by atoms with Gasteiger partial charge in [-0.05, 0) is 24.8 Å². The maximum Gasteiger partial charge on any atom is 0.0764 e. The molecule has 0 radical (unpaired) electrons. The first-order chi connectivity index (χ1) is 6.36. The second-order valence-electron chi connectivity index (χ2n) is 3.84. The van der Waals surface area contributed by atoms with Crippen LogP contribution in [0.25, 0.3) is 0 Å². The number of aromatic nitrogens is 2. The lowest BCUT2D eigenvalue weighted by Crippen LogP contribution is -2.24. The topological polar surface area (TPSA) is 38.0 Å². The number of aliphatic hydroxyl groups excluding tert-OH is 1. The van der Waals surface area contributed by atoms with Crippen LogP contribution >= 0.6 is 0 Å². The average molecular weight is 180 g/mol. The zero-order chi connectivity index (χ0) is 9.10. The third-order valence-corrected chi connectivity index (χ3v) is 2.88. The molecule has 1 aliphatic rings. The number of nitrogens with zero attached hydrogens (tertiary/aromatic N) is 2. The number of rotatable bonds is 3. The summed E-state index contributed by atoms with van der Waals surface area (Å²) in [6.07, 6.45) is 8.37. The largest absolute Gasteiger partial charge is 0.391 e. The Labute approximate surface area is 78.4 Å². The highest BCUT2D eigenvalue weighted by Crippen LogP contribution is 2.28. The van der Waals surface area contributed by atoms with Gasteiger partial charge in [0, 0.05) is 12.4 Å². The molecule has 1 unspecified atom stereocenters. The zero-order valence-electron chi connectivity index (χ0n) is 7.76. The maximum absolute atomic E-state index is 9.86. The smallest absolute Gasteiger partial charge is 0.0764 e. The van der Waals surface area contributed by atoms with Gasteiger partial charge in [0.05, 0.1) is 12.6 Å². The Hall–Kier alpha value is -0.830. The lowest BCUT2D eigenvalue weighted by molar-refractivity contribution is 0.0894. The van der Waals surface area contributed by atoms with E-state index in [2.05, 4.69) is 5.10 Å². The molecule has 1 aromatic rings. The SMILES string of the molecule is OC(Cn1cccn1)C1CCCC1. The van der Waals surface area contributed by atoms with Gasteiger partial charge in [0.2, 0.25) is 0 Å². The van der Waals surface area contributed by atoms with Crippen molar-refractivity contribution in [2.24, 2.45) is 5.92 Å². The third-order valence-electron chi connectivity index (χ3n) is 2.88. The molecule has 2 rings (SSSR count). The minimum absolute atomic E-state index is 0.206. The van der Waals surface area contributed by atoms with E-state index in [0.717, 1.165) is 0 Å². The van der Waals surface area contributed by atoms with Crippen LogP contribution in [0.5, 0.6) is 0 Å². The molecule has 1 aromatic heterocycles. The van der Waals surface area contributed by atoms with Crippen LogP contribution in [0, 0.1) is 5.92 Å². The molecular formula is C10H16N2O. The Kier molecular flexibility index (Phi) is 2.64. The maximum atomic E-state index is 9.86. The van der Waals surface area contributed by atoms with Crippen LogP contribution in [0.15, 0.2) is 18.5 Å². The highest BCUT2D eigenvalue weighted by atomic mass is 16.3. The van der Waals surface area contributed by atoms with Crippen molar-refractivity contribution in [3.63, 3.8) is 0 Å². The monoisotopic (exact) mass is 180 g/mol. The van der Waals surface area contributed by atoms with Crippen LogP contribution < -0.4 is 0 Å². The van der Waals surface area contributed by atoms with Gasteiger partial charge in [-0.2, -0.15) is 5.10 Å². The van der Waals surface area contributed by atoms with Gasteiger partial charge >= 0.3 is 0 Å². The Bertz CT molecular complexity index is 239. The predicted octanol–water partition coefficient (Wildman–Crippen LogP) is 1.43. The van der Waals surface area contributed by atoms with Crippen LogP contribution in [0.4, 0.5) is 0 Å². The van der Waals surface area contributed by atoms with E-state index >= 15 is 0 Å². The van der Waals surface area contributed by atoms with E-state index in [4.69, 9.17) is 0 Å². The first-order valence-electron chi connectivity index (χ1n) is 5.02. The lowest BCUT2D eigenvalue weighted by atomic mass is 10.0. The molecule has 72 valence electrons. The van der Waals surface area contributed by atoms with E-state index in [9.17, 15) is 5.11 Å². The molecule has 1 aliphatic carbocycles. The third kappa shape index (κ3) is 2.10. The van der Waals surface area contributed by atoms with Gasteiger partial charge in [-0.1, -0.05) is 12.8 Å². The molecule has 0 aliphatic heterocycles. The second-order valence-corrected chi connectivity index (χ2v) is 3.84. The van der Waals surface area contributed by atoms with Crippen molar-refractivity contribution in [2.45, 2.75) is 38.3 Å². The Balaban J connectivity index is 1.87. The van der Waals surface area contributed by atoms with E-state index in [1.807, 2.05) is 16.9 Å². The van der Waals surface area contributed by atoms with Crippen molar-refractivity contribution in [3.8, 4) is 0 Å². The average Bonchev–Trinajstić information content (AvgIpc) is 2.74. The fourth-order valence-electron chi connectivity index (χ4n) is 2.09. The van der Waals surface area contributed by atoms with E-state index in [1.54, 1.807) is 6.20 Å². The summed E-state index contributed by atoms with van der Waals surface area (Å²) in [5, 5.41) is 13.9. The highest BCUT2D eigenvalue weighted by molar-refractivity contribution is 4.81. The summed E-state index contributed by atoms with van der Waals surface area (Å²) >= 11 is 0. The zero-order valence-corrected chi connectivity index (χ0v) is 7.76. The van der Waals surface area contributed by atoms with Crippen LogP contribution in [0.1, 0.15) is 25.7 Å². The van der Waals surface area contributed by atoms with Crippen molar-refractivity contribution in [1.82, 2.24) is 9.78 Å². The molecule has 1 saturated carbocycles. The normalized spacial score (nSPS) is 20.7. The summed E-state index contributed by atoms with van der Waals surface area (Å²) in [6.45, 7) is 0.650. The summed E-state index contributed by atoms with van der Waals surface area (Å²) in [5.74, 6) is 0.504. The van der Waals surface area contributed by atoms with Crippen LogP contribution in [-0.2, 0) is 6.54 Å². The summed E-state index contributed by atoms with van der Waals surface area (Å²) in [7, 11) is 0. The minimum atomic E-state index is -0.206. The Morgan fingerprint density at radius 3 is 2.85 bits per heavy atom. The van der Waals surface area contributed by atoms with Crippen molar-refractivity contribution >= 4 is 0 Å². The van der Waals surface area contributed by atoms with Crippen molar-refractivity contribution in [2.75, 3.05) is 0 Å². The second kappa shape index (κ2) is 3.92. The molecule has 3 nitrogen and oxygen atoms in total. The summed E-state index contributed by atoms with van der Waals surface area (Å²) < 4.78 is 1.81. The molecule has 0 spiro atoms. The molecule has 1 atom stereocenters. The molecule has 3 heteroatoms. The molecule has 0 saturated heterocycles. The molecule has 0 aromatic carbocycles. The molecular weight excluding hydrogens is 164 g/mol. The van der Waals surface area contributed by atoms with E-state index in [0.29, 0.717) is 12.5 Å². The Morgan fingerprint density at radius 1 is 1.46 bits per heavy atom. The summed E-state index contributed by atoms with van der Waals surface area (Å²) in [6, 6.07) is 1.89. The van der Waals surface area contributed by atoms with E-state index in [1.165, 1.54) is 25.7 Å². The number of hydrogen-bond donors (Lipinski definition) is 1. The Morgan fingerprint density at radius 2 is 2.23 bits per heavy atom. The summed E-state index contributed by atoms with van der Waals surface area (Å²) in [4.78, 5) is 0. The highest BCUT2D eigenvalue weighted by Gasteiger charge is 2.23. The van der Waals surface area contributed by atoms with E-state index < -0.39 is 0 Å². The number of aliphatic hydroxyl groups is 1. The standard InChI is InChI=1S/C10H16N2O/c13-10(9-4-1-2-5-9)8-12-7-3-6-11-12/h3,6-7,9-10,13H,1-2,4-5,8H2. The van der Waals surface area contributed by atoms with Gasteiger partial charge in [-0.15, -0.1) is 0 Å². The fraction of sp³-hybridized carbons (Fsp3) is 0.700. The van der Waals surface area contributed by atoms with Crippen molar-refractivity contribution in [1.29, 1.82) is 0 Å². The van der Waals surface area contributed by atoms with E-state index in [-0.39, 0.29) is 6.10 Å². The number of hydrogen-bond acceptors (Lipinski definition) is 2. The lowest BCUT2D eigenvalue weighted by Gasteiger charge is -2.17. The predicted molar refractivity (Wildman–Crippen MR) is 50.2 cm³/mol. The minimum Gasteiger partial charge on any atom is -0.391 e. The molecule has 13 heavy (non-hydrogen) atoms. The van der Waals surface area contributed by atoms with Crippen LogP contribution in [0.2, 0.25) is 0 Å². The first kappa shape index (κ1) is 8.75. The van der Waals surface area contributed by atoms with Crippen molar-refractivity contribution in [3.05, 3.63) is 18.5 Å².